The highest BCUT2D eigenvalue weighted by molar-refractivity contribution is 7.94. The molecule has 5 N–H and O–H groups in total. The minimum Gasteiger partial charge on any atom is -0.382 e. The largest absolute Gasteiger partial charge is 0.418 e. The highest BCUT2D eigenvalue weighted by atomic mass is 32.2. The van der Waals surface area contributed by atoms with Gasteiger partial charge in [-0.3, -0.25) is 9.44 Å². The van der Waals surface area contributed by atoms with E-state index in [-0.39, 0.29) is 22.8 Å². The van der Waals surface area contributed by atoms with Gasteiger partial charge in [0.1, 0.15) is 5.82 Å². The molecule has 0 atom stereocenters. The summed E-state index contributed by atoms with van der Waals surface area (Å²) in [5.74, 6) is 0.177. The van der Waals surface area contributed by atoms with Crippen molar-refractivity contribution in [1.29, 1.82) is 0 Å². The number of nitrogens with two attached hydrogens (primary N) is 1. The van der Waals surface area contributed by atoms with Gasteiger partial charge < -0.3 is 11.1 Å². The van der Waals surface area contributed by atoms with Crippen molar-refractivity contribution in [2.24, 2.45) is 0 Å². The highest BCUT2D eigenvalue weighted by Crippen LogP contribution is 2.46. The molecule has 4 rings (SSSR count). The van der Waals surface area contributed by atoms with Crippen LogP contribution in [0.3, 0.4) is 0 Å². The number of hydrogen-bond donors (Lipinski definition) is 4. The van der Waals surface area contributed by atoms with Crippen molar-refractivity contribution in [2.75, 3.05) is 28.3 Å². The minimum atomic E-state index is -4.71. The van der Waals surface area contributed by atoms with Crippen LogP contribution in [0.2, 0.25) is 0 Å². The smallest absolute Gasteiger partial charge is 0.382 e. The predicted octanol–water partition coefficient (Wildman–Crippen LogP) is 2.90. The number of hydrogen-bond acceptors (Lipinski definition) is 6. The molecule has 1 saturated heterocycles. The molecule has 0 amide bonds. The number of rotatable bonds is 1. The van der Waals surface area contributed by atoms with Crippen molar-refractivity contribution in [2.45, 2.75) is 32.4 Å². The summed E-state index contributed by atoms with van der Waals surface area (Å²) >= 11 is 0. The lowest BCUT2D eigenvalue weighted by Crippen LogP contribution is -2.21. The quantitative estimate of drug-likeness (QED) is 0.552. The Morgan fingerprint density at radius 2 is 1.69 bits per heavy atom. The van der Waals surface area contributed by atoms with Crippen LogP contribution in [0.5, 0.6) is 0 Å². The molecular weight excluding hydrogens is 409 g/mol. The molecule has 0 unspecified atom stereocenters. The molecule has 2 aliphatic rings. The lowest BCUT2D eigenvalue weighted by molar-refractivity contribution is -0.136. The molecule has 2 aromatic rings. The van der Waals surface area contributed by atoms with Crippen LogP contribution < -0.4 is 20.5 Å². The lowest BCUT2D eigenvalue weighted by atomic mass is 10.0. The molecule has 3 heterocycles. The fourth-order valence-electron chi connectivity index (χ4n) is 2.99. The third-order valence-electron chi connectivity index (χ3n) is 4.49. The van der Waals surface area contributed by atoms with E-state index < -0.39 is 27.6 Å². The zero-order valence-electron chi connectivity index (χ0n) is 15.6. The first-order valence-electron chi connectivity index (χ1n) is 8.94. The van der Waals surface area contributed by atoms with Gasteiger partial charge in [-0.1, -0.05) is 6.42 Å². The molecule has 0 spiro atoms. The van der Waals surface area contributed by atoms with E-state index in [1.165, 1.54) is 38.4 Å². The zero-order valence-corrected chi connectivity index (χ0v) is 16.4. The molecule has 1 aromatic carbocycles. The fourth-order valence-corrected chi connectivity index (χ4v) is 4.00. The number of anilines is 3. The van der Waals surface area contributed by atoms with Crippen molar-refractivity contribution >= 4 is 27.4 Å². The van der Waals surface area contributed by atoms with Crippen LogP contribution in [0, 0.1) is 6.92 Å². The third kappa shape index (κ3) is 4.88. The van der Waals surface area contributed by atoms with Gasteiger partial charge in [-0.15, -0.1) is 10.2 Å². The summed E-state index contributed by atoms with van der Waals surface area (Å²) in [5, 5.41) is 10.8. The van der Waals surface area contributed by atoms with Crippen LogP contribution in [0.25, 0.3) is 11.3 Å². The molecule has 0 radical (unpaired) electrons. The molecule has 0 aliphatic carbocycles. The van der Waals surface area contributed by atoms with Crippen molar-refractivity contribution < 1.29 is 21.6 Å². The predicted molar refractivity (Wildman–Crippen MR) is 105 cm³/mol. The van der Waals surface area contributed by atoms with Crippen LogP contribution in [-0.4, -0.2) is 31.7 Å². The molecule has 1 fully saturated rings. The van der Waals surface area contributed by atoms with Gasteiger partial charge in [-0.25, -0.2) is 0 Å². The maximum absolute atomic E-state index is 13.0. The number of alkyl halides is 3. The second-order valence-corrected chi connectivity index (χ2v) is 8.14. The number of nitrogen functional groups attached to an aromatic ring is 1. The molecule has 29 heavy (non-hydrogen) atoms. The third-order valence-corrected chi connectivity index (χ3v) is 5.44. The van der Waals surface area contributed by atoms with Gasteiger partial charge in [-0.2, -0.15) is 21.6 Å². The number of benzene rings is 1. The van der Waals surface area contributed by atoms with E-state index in [9.17, 15) is 21.6 Å². The van der Waals surface area contributed by atoms with Crippen LogP contribution in [0.1, 0.15) is 30.4 Å². The van der Waals surface area contributed by atoms with Gasteiger partial charge in [-0.05, 0) is 56.6 Å². The molecule has 8 nitrogen and oxygen atoms in total. The van der Waals surface area contributed by atoms with Gasteiger partial charge in [0.05, 0.1) is 22.6 Å². The van der Waals surface area contributed by atoms with E-state index in [4.69, 9.17) is 5.73 Å². The second-order valence-electron chi connectivity index (χ2n) is 6.72. The average Bonchev–Trinajstić information content (AvgIpc) is 2.99. The molecular formula is C17H21F3N6O2S. The summed E-state index contributed by atoms with van der Waals surface area (Å²) in [6.45, 7) is 4.15. The number of nitrogens with one attached hydrogen (secondary N) is 3. The number of piperidine rings is 1. The SMILES string of the molecule is C1CCNCC1.Cc1cc(-c2ccc(C(F)(F)F)c3c2NS(=O)(=O)N3)nnc1N. The second kappa shape index (κ2) is 8.03. The van der Waals surface area contributed by atoms with Crippen molar-refractivity contribution in [3.05, 3.63) is 29.3 Å². The molecule has 1 aromatic heterocycles. The molecule has 0 saturated carbocycles. The van der Waals surface area contributed by atoms with E-state index in [0.717, 1.165) is 12.1 Å². The maximum Gasteiger partial charge on any atom is 0.418 e. The monoisotopic (exact) mass is 430 g/mol. The van der Waals surface area contributed by atoms with Gasteiger partial charge >= 0.3 is 16.4 Å². The van der Waals surface area contributed by atoms with E-state index >= 15 is 0 Å². The number of halogens is 3. The van der Waals surface area contributed by atoms with E-state index in [1.54, 1.807) is 6.92 Å². The zero-order chi connectivity index (χ0) is 21.2. The topological polar surface area (TPSA) is 122 Å². The Balaban J connectivity index is 0.000000343. The van der Waals surface area contributed by atoms with Gasteiger partial charge in [0.2, 0.25) is 0 Å². The number of nitrogens with zero attached hydrogens (tertiary/aromatic N) is 2. The lowest BCUT2D eigenvalue weighted by Gasteiger charge is -2.13. The first-order chi connectivity index (χ1) is 13.6. The van der Waals surface area contributed by atoms with E-state index in [0.29, 0.717) is 5.56 Å². The normalized spacial score (nSPS) is 17.4. The Morgan fingerprint density at radius 3 is 2.21 bits per heavy atom. The summed E-state index contributed by atoms with van der Waals surface area (Å²) in [6.07, 6.45) is -0.493. The van der Waals surface area contributed by atoms with Crippen LogP contribution in [0.4, 0.5) is 30.4 Å². The van der Waals surface area contributed by atoms with Crippen molar-refractivity contribution in [1.82, 2.24) is 15.5 Å². The summed E-state index contributed by atoms with van der Waals surface area (Å²) < 4.78 is 66.3. The maximum atomic E-state index is 13.0. The van der Waals surface area contributed by atoms with Crippen LogP contribution in [0.15, 0.2) is 18.2 Å². The van der Waals surface area contributed by atoms with E-state index in [1.807, 2.05) is 9.44 Å². The number of aromatic nitrogens is 2. The molecule has 0 bridgehead atoms. The van der Waals surface area contributed by atoms with Crippen molar-refractivity contribution in [3.63, 3.8) is 0 Å². The standard InChI is InChI=1S/C12H10F3N5O2S.C5H11N/c1-5-4-8(17-18-11(5)16)6-2-3-7(12(13,14)15)10-9(6)19-23(21,22)20-10;1-2-4-6-5-3-1/h2-4,19-20H,1H3,(H2,16,18);6H,1-5H2. The molecule has 2 aliphatic heterocycles. The van der Waals surface area contributed by atoms with Gasteiger partial charge in [0, 0.05) is 5.56 Å². The fraction of sp³-hybridized carbons (Fsp3) is 0.412. The summed E-state index contributed by atoms with van der Waals surface area (Å²) in [7, 11) is -4.11. The van der Waals surface area contributed by atoms with E-state index in [2.05, 4.69) is 15.5 Å². The van der Waals surface area contributed by atoms with Crippen LogP contribution >= 0.6 is 0 Å². The molecule has 12 heteroatoms. The Morgan fingerprint density at radius 1 is 1.03 bits per heavy atom. The Kier molecular flexibility index (Phi) is 5.85. The van der Waals surface area contributed by atoms with Crippen molar-refractivity contribution in [3.8, 4) is 11.3 Å². The molecule has 158 valence electrons. The summed E-state index contributed by atoms with van der Waals surface area (Å²) in [4.78, 5) is 0. The first kappa shape index (κ1) is 21.1. The van der Waals surface area contributed by atoms with Crippen LogP contribution in [-0.2, 0) is 16.4 Å². The Hall–Kier alpha value is -2.60. The minimum absolute atomic E-state index is 0.164. The average molecular weight is 430 g/mol. The number of aryl methyl sites for hydroxylation is 1. The van der Waals surface area contributed by atoms with Gasteiger partial charge in [0.15, 0.2) is 0 Å². The first-order valence-corrected chi connectivity index (χ1v) is 10.4. The Bertz CT molecular complexity index is 995. The summed E-state index contributed by atoms with van der Waals surface area (Å²) in [6, 6.07) is 3.44. The van der Waals surface area contributed by atoms with Gasteiger partial charge in [0.25, 0.3) is 0 Å². The Labute approximate surface area is 166 Å². The summed E-state index contributed by atoms with van der Waals surface area (Å²) in [5.41, 5.74) is 4.61. The highest BCUT2D eigenvalue weighted by Gasteiger charge is 2.39. The number of fused-ring (bicyclic) bond motifs is 1.